The normalized spacial score (nSPS) is 23.9. The van der Waals surface area contributed by atoms with Crippen molar-refractivity contribution < 1.29 is 4.79 Å². The summed E-state index contributed by atoms with van der Waals surface area (Å²) in [5.74, 6) is 0.930. The van der Waals surface area contributed by atoms with Crippen molar-refractivity contribution in [1.82, 2.24) is 9.80 Å². The number of hydrogen-bond acceptors (Lipinski definition) is 3. The molecule has 2 heterocycles. The fourth-order valence-electron chi connectivity index (χ4n) is 2.21. The zero-order valence-corrected chi connectivity index (χ0v) is 8.61. The Hall–Kier alpha value is -0.610. The Labute approximate surface area is 85.0 Å². The first-order chi connectivity index (χ1) is 6.79. The Balaban J connectivity index is 1.68. The van der Waals surface area contributed by atoms with Crippen LogP contribution in [0.2, 0.25) is 0 Å². The molecule has 0 bridgehead atoms. The highest BCUT2D eigenvalue weighted by Gasteiger charge is 2.28. The molecule has 0 aromatic rings. The third-order valence-corrected chi connectivity index (χ3v) is 3.18. The number of rotatable bonds is 3. The molecule has 2 saturated heterocycles. The highest BCUT2D eigenvalue weighted by molar-refractivity contribution is 5.78. The van der Waals surface area contributed by atoms with E-state index in [4.69, 9.17) is 5.73 Å². The highest BCUT2D eigenvalue weighted by Crippen LogP contribution is 2.15. The van der Waals surface area contributed by atoms with E-state index < -0.39 is 0 Å². The lowest BCUT2D eigenvalue weighted by Gasteiger charge is -2.38. The van der Waals surface area contributed by atoms with E-state index in [0.29, 0.717) is 18.4 Å². The first kappa shape index (κ1) is 9.93. The van der Waals surface area contributed by atoms with Crippen molar-refractivity contribution in [2.75, 3.05) is 39.3 Å². The van der Waals surface area contributed by atoms with Crippen molar-refractivity contribution in [2.45, 2.75) is 12.8 Å². The van der Waals surface area contributed by atoms with Crippen LogP contribution in [0.3, 0.4) is 0 Å². The summed E-state index contributed by atoms with van der Waals surface area (Å²) in [6.07, 6.45) is 2.36. The number of carbonyl (C=O) groups excluding carboxylic acids is 1. The number of amides is 1. The maximum Gasteiger partial charge on any atom is 0.236 e. The third-order valence-electron chi connectivity index (χ3n) is 3.18. The van der Waals surface area contributed by atoms with Crippen molar-refractivity contribution in [1.29, 1.82) is 0 Å². The molecule has 0 aromatic carbocycles. The van der Waals surface area contributed by atoms with Gasteiger partial charge in [0, 0.05) is 26.2 Å². The molecule has 0 atom stereocenters. The van der Waals surface area contributed by atoms with Crippen molar-refractivity contribution in [3.63, 3.8) is 0 Å². The number of likely N-dealkylation sites (tertiary alicyclic amines) is 2. The summed E-state index contributed by atoms with van der Waals surface area (Å²) in [4.78, 5) is 15.9. The topological polar surface area (TPSA) is 49.6 Å². The van der Waals surface area contributed by atoms with Crippen LogP contribution >= 0.6 is 0 Å². The minimum atomic E-state index is 0.304. The molecular formula is C10H19N3O. The molecule has 14 heavy (non-hydrogen) atoms. The molecule has 1 amide bonds. The second-order valence-electron chi connectivity index (χ2n) is 4.38. The van der Waals surface area contributed by atoms with Gasteiger partial charge >= 0.3 is 0 Å². The second-order valence-corrected chi connectivity index (χ2v) is 4.38. The van der Waals surface area contributed by atoms with Gasteiger partial charge in [-0.1, -0.05) is 0 Å². The fraction of sp³-hybridized carbons (Fsp3) is 0.900. The molecule has 2 fully saturated rings. The Kier molecular flexibility index (Phi) is 3.03. The SMILES string of the molecule is NCC1CN(CC(=O)N2CCCC2)C1. The van der Waals surface area contributed by atoms with Crippen LogP contribution in [0.25, 0.3) is 0 Å². The standard InChI is InChI=1S/C10H19N3O/c11-5-9-6-12(7-9)8-10(14)13-3-1-2-4-13/h9H,1-8,11H2. The average Bonchev–Trinajstić information content (AvgIpc) is 2.62. The third kappa shape index (κ3) is 2.07. The van der Waals surface area contributed by atoms with Crippen molar-refractivity contribution in [3.8, 4) is 0 Å². The van der Waals surface area contributed by atoms with Gasteiger partial charge < -0.3 is 10.6 Å². The largest absolute Gasteiger partial charge is 0.342 e. The summed E-state index contributed by atoms with van der Waals surface area (Å²) in [6.45, 7) is 5.32. The van der Waals surface area contributed by atoms with Crippen LogP contribution in [0.1, 0.15) is 12.8 Å². The summed E-state index contributed by atoms with van der Waals surface area (Å²) < 4.78 is 0. The Morgan fingerprint density at radius 3 is 2.50 bits per heavy atom. The summed E-state index contributed by atoms with van der Waals surface area (Å²) in [6, 6.07) is 0. The van der Waals surface area contributed by atoms with Crippen LogP contribution in [0.4, 0.5) is 0 Å². The van der Waals surface area contributed by atoms with Crippen molar-refractivity contribution in [3.05, 3.63) is 0 Å². The second kappa shape index (κ2) is 4.28. The predicted octanol–water partition coefficient (Wildman–Crippen LogP) is -0.501. The zero-order valence-electron chi connectivity index (χ0n) is 8.61. The van der Waals surface area contributed by atoms with Crippen LogP contribution in [0, 0.1) is 5.92 Å². The summed E-state index contributed by atoms with van der Waals surface area (Å²) in [7, 11) is 0. The lowest BCUT2D eigenvalue weighted by Crippen LogP contribution is -2.53. The molecule has 0 unspecified atom stereocenters. The van der Waals surface area contributed by atoms with Gasteiger partial charge in [0.1, 0.15) is 0 Å². The van der Waals surface area contributed by atoms with Crippen LogP contribution in [0.5, 0.6) is 0 Å². The molecule has 0 spiro atoms. The van der Waals surface area contributed by atoms with Crippen molar-refractivity contribution in [2.24, 2.45) is 11.7 Å². The summed E-state index contributed by atoms with van der Waals surface area (Å²) in [5.41, 5.74) is 5.53. The Morgan fingerprint density at radius 1 is 1.29 bits per heavy atom. The molecule has 2 aliphatic rings. The molecule has 0 radical (unpaired) electrons. The number of carbonyl (C=O) groups is 1. The van der Waals surface area contributed by atoms with Gasteiger partial charge in [-0.25, -0.2) is 0 Å². The van der Waals surface area contributed by atoms with Crippen LogP contribution in [-0.2, 0) is 4.79 Å². The fourth-order valence-corrected chi connectivity index (χ4v) is 2.21. The molecule has 2 rings (SSSR count). The molecule has 2 aliphatic heterocycles. The molecule has 0 aromatic heterocycles. The monoisotopic (exact) mass is 197 g/mol. The smallest absolute Gasteiger partial charge is 0.236 e. The zero-order chi connectivity index (χ0) is 9.97. The van der Waals surface area contributed by atoms with E-state index in [9.17, 15) is 4.79 Å². The summed E-state index contributed by atoms with van der Waals surface area (Å²) >= 11 is 0. The van der Waals surface area contributed by atoms with Gasteiger partial charge in [0.15, 0.2) is 0 Å². The average molecular weight is 197 g/mol. The number of nitrogens with two attached hydrogens (primary N) is 1. The summed E-state index contributed by atoms with van der Waals surface area (Å²) in [5, 5.41) is 0. The van der Waals surface area contributed by atoms with E-state index in [2.05, 4.69) is 4.90 Å². The molecule has 4 nitrogen and oxygen atoms in total. The van der Waals surface area contributed by atoms with Gasteiger partial charge in [-0.2, -0.15) is 0 Å². The minimum Gasteiger partial charge on any atom is -0.342 e. The van der Waals surface area contributed by atoms with Crippen molar-refractivity contribution >= 4 is 5.91 Å². The van der Waals surface area contributed by atoms with E-state index in [1.807, 2.05) is 4.90 Å². The predicted molar refractivity (Wildman–Crippen MR) is 54.8 cm³/mol. The van der Waals surface area contributed by atoms with E-state index in [1.54, 1.807) is 0 Å². The molecule has 2 N–H and O–H groups in total. The van der Waals surface area contributed by atoms with E-state index in [0.717, 1.165) is 32.7 Å². The number of nitrogens with zero attached hydrogens (tertiary/aromatic N) is 2. The van der Waals surface area contributed by atoms with Crippen LogP contribution in [0.15, 0.2) is 0 Å². The van der Waals surface area contributed by atoms with E-state index in [-0.39, 0.29) is 0 Å². The minimum absolute atomic E-state index is 0.304. The van der Waals surface area contributed by atoms with Gasteiger partial charge in [-0.3, -0.25) is 9.69 Å². The van der Waals surface area contributed by atoms with Crippen LogP contribution in [-0.4, -0.2) is 55.0 Å². The number of hydrogen-bond donors (Lipinski definition) is 1. The van der Waals surface area contributed by atoms with Gasteiger partial charge in [-0.05, 0) is 25.3 Å². The maximum atomic E-state index is 11.7. The lowest BCUT2D eigenvalue weighted by molar-refractivity contribution is -0.132. The van der Waals surface area contributed by atoms with Gasteiger partial charge in [0.2, 0.25) is 5.91 Å². The Morgan fingerprint density at radius 2 is 1.93 bits per heavy atom. The van der Waals surface area contributed by atoms with E-state index >= 15 is 0 Å². The molecular weight excluding hydrogens is 178 g/mol. The quantitative estimate of drug-likeness (QED) is 0.663. The molecule has 4 heteroatoms. The van der Waals surface area contributed by atoms with Gasteiger partial charge in [0.25, 0.3) is 0 Å². The van der Waals surface area contributed by atoms with Gasteiger partial charge in [0.05, 0.1) is 6.54 Å². The molecule has 80 valence electrons. The first-order valence-electron chi connectivity index (χ1n) is 5.50. The lowest BCUT2D eigenvalue weighted by atomic mass is 10.0. The first-order valence-corrected chi connectivity index (χ1v) is 5.50. The molecule has 0 aliphatic carbocycles. The van der Waals surface area contributed by atoms with Gasteiger partial charge in [-0.15, -0.1) is 0 Å². The highest BCUT2D eigenvalue weighted by atomic mass is 16.2. The Bertz CT molecular complexity index is 207. The van der Waals surface area contributed by atoms with Crippen LogP contribution < -0.4 is 5.73 Å². The van der Waals surface area contributed by atoms with E-state index in [1.165, 1.54) is 12.8 Å². The molecule has 0 saturated carbocycles. The maximum absolute atomic E-state index is 11.7.